The molecule has 1 aromatic carbocycles. The Labute approximate surface area is 182 Å². The van der Waals surface area contributed by atoms with Gasteiger partial charge in [0.1, 0.15) is 16.2 Å². The zero-order valence-electron chi connectivity index (χ0n) is 17.0. The number of hydrogen-bond donors (Lipinski definition) is 2. The van der Waals surface area contributed by atoms with E-state index >= 15 is 0 Å². The van der Waals surface area contributed by atoms with Gasteiger partial charge >= 0.3 is 6.09 Å². The van der Waals surface area contributed by atoms with Crippen LogP contribution < -0.4 is 10.0 Å². The molecule has 0 radical (unpaired) electrons. The van der Waals surface area contributed by atoms with Crippen LogP contribution in [0.5, 0.6) is 0 Å². The maximum absolute atomic E-state index is 13.2. The SMILES string of the molecule is CC(C)(C)OC(=O)Nc1ncc(CN[S+]([O-])C(C)(C)Cc2ccc(F)cc2Cl)s1. The van der Waals surface area contributed by atoms with Crippen molar-refractivity contribution in [3.8, 4) is 0 Å². The first kappa shape index (κ1) is 23.9. The minimum atomic E-state index is -1.40. The van der Waals surface area contributed by atoms with Crippen LogP contribution in [0.1, 0.15) is 45.1 Å². The first-order valence-electron chi connectivity index (χ1n) is 8.90. The Morgan fingerprint density at radius 3 is 2.66 bits per heavy atom. The van der Waals surface area contributed by atoms with E-state index in [2.05, 4.69) is 15.0 Å². The van der Waals surface area contributed by atoms with Crippen LogP contribution in [0.4, 0.5) is 14.3 Å². The molecule has 2 rings (SSSR count). The smallest absolute Gasteiger partial charge is 0.413 e. The Kier molecular flexibility index (Phi) is 7.92. The molecule has 0 aliphatic rings. The van der Waals surface area contributed by atoms with Crippen LogP contribution in [0.15, 0.2) is 24.4 Å². The average molecular weight is 462 g/mol. The second-order valence-electron chi connectivity index (χ2n) is 8.02. The Bertz CT molecular complexity index is 855. The minimum Gasteiger partial charge on any atom is -0.598 e. The molecule has 1 heterocycles. The van der Waals surface area contributed by atoms with Crippen molar-refractivity contribution in [2.24, 2.45) is 0 Å². The molecule has 2 N–H and O–H groups in total. The number of halogens is 2. The van der Waals surface area contributed by atoms with Crippen LogP contribution in [0, 0.1) is 5.82 Å². The van der Waals surface area contributed by atoms with Gasteiger partial charge in [-0.2, -0.15) is 0 Å². The third kappa shape index (κ3) is 7.75. The van der Waals surface area contributed by atoms with Crippen LogP contribution >= 0.6 is 22.9 Å². The van der Waals surface area contributed by atoms with Gasteiger partial charge in [0.05, 0.1) is 6.54 Å². The van der Waals surface area contributed by atoms with Gasteiger partial charge in [-0.25, -0.2) is 14.2 Å². The van der Waals surface area contributed by atoms with Crippen molar-refractivity contribution in [2.75, 3.05) is 5.32 Å². The molecule has 1 amide bonds. The number of anilines is 1. The fourth-order valence-corrected chi connectivity index (χ4v) is 4.39. The molecule has 1 atom stereocenters. The maximum Gasteiger partial charge on any atom is 0.413 e. The van der Waals surface area contributed by atoms with E-state index in [9.17, 15) is 13.7 Å². The number of rotatable bonds is 7. The summed E-state index contributed by atoms with van der Waals surface area (Å²) in [6.07, 6.45) is 1.44. The first-order chi connectivity index (χ1) is 13.4. The molecular formula is C19H25ClFN3O3S2. The molecule has 6 nitrogen and oxygen atoms in total. The predicted molar refractivity (Wildman–Crippen MR) is 116 cm³/mol. The van der Waals surface area contributed by atoms with Gasteiger partial charge in [-0.1, -0.05) is 17.7 Å². The summed E-state index contributed by atoms with van der Waals surface area (Å²) in [5, 5.41) is 3.29. The standard InChI is InChI=1S/C19H25ClFN3O3S2/c1-18(2,3)27-17(25)24-16-22-10-14(28-16)11-23-29(26)19(4,5)9-12-6-7-13(21)8-15(12)20/h6-8,10,23H,9,11H2,1-5H3,(H,22,24,25). The third-order valence-corrected chi connectivity index (χ3v) is 6.49. The summed E-state index contributed by atoms with van der Waals surface area (Å²) in [7, 11) is 0. The minimum absolute atomic E-state index is 0.315. The summed E-state index contributed by atoms with van der Waals surface area (Å²) in [6.45, 7) is 9.34. The number of nitrogens with one attached hydrogen (secondary N) is 2. The zero-order chi connectivity index (χ0) is 21.8. The number of carbonyl (C=O) groups is 1. The lowest BCUT2D eigenvalue weighted by molar-refractivity contribution is 0.0636. The second-order valence-corrected chi connectivity index (χ2v) is 11.5. The van der Waals surface area contributed by atoms with E-state index in [1.807, 2.05) is 13.8 Å². The highest BCUT2D eigenvalue weighted by atomic mass is 35.5. The first-order valence-corrected chi connectivity index (χ1v) is 11.2. The number of hydrogen-bond acceptors (Lipinski definition) is 6. The van der Waals surface area contributed by atoms with Crippen LogP contribution in [0.25, 0.3) is 0 Å². The highest BCUT2D eigenvalue weighted by Gasteiger charge is 2.33. The fraction of sp³-hybridized carbons (Fsp3) is 0.474. The van der Waals surface area contributed by atoms with Crippen molar-refractivity contribution < 1.29 is 18.5 Å². The molecule has 1 aromatic heterocycles. The summed E-state index contributed by atoms with van der Waals surface area (Å²) in [6, 6.07) is 4.19. The summed E-state index contributed by atoms with van der Waals surface area (Å²) in [4.78, 5) is 16.7. The van der Waals surface area contributed by atoms with Crippen molar-refractivity contribution in [2.45, 2.75) is 57.9 Å². The molecule has 0 saturated carbocycles. The monoisotopic (exact) mass is 461 g/mol. The van der Waals surface area contributed by atoms with Crippen LogP contribution in [-0.4, -0.2) is 26.0 Å². The molecule has 0 fully saturated rings. The zero-order valence-corrected chi connectivity index (χ0v) is 19.4. The van der Waals surface area contributed by atoms with E-state index in [1.54, 1.807) is 33.0 Å². The van der Waals surface area contributed by atoms with Gasteiger partial charge in [0.15, 0.2) is 5.13 Å². The maximum atomic E-state index is 13.2. The van der Waals surface area contributed by atoms with Gasteiger partial charge < -0.3 is 9.29 Å². The van der Waals surface area contributed by atoms with E-state index < -0.39 is 33.6 Å². The number of thiazole rings is 1. The molecular weight excluding hydrogens is 437 g/mol. The summed E-state index contributed by atoms with van der Waals surface area (Å²) in [5.74, 6) is -0.406. The van der Waals surface area contributed by atoms with Gasteiger partial charge in [0, 0.05) is 33.9 Å². The molecule has 0 aliphatic carbocycles. The Morgan fingerprint density at radius 1 is 1.34 bits per heavy atom. The van der Waals surface area contributed by atoms with Crippen molar-refractivity contribution in [3.63, 3.8) is 0 Å². The lowest BCUT2D eigenvalue weighted by Gasteiger charge is -2.28. The highest BCUT2D eigenvalue weighted by Crippen LogP contribution is 2.27. The van der Waals surface area contributed by atoms with Gasteiger partial charge in [-0.05, 0) is 52.3 Å². The molecule has 2 aromatic rings. The number of amides is 1. The summed E-state index contributed by atoms with van der Waals surface area (Å²) in [5.41, 5.74) is 0.136. The molecule has 29 heavy (non-hydrogen) atoms. The van der Waals surface area contributed by atoms with Gasteiger partial charge in [0.2, 0.25) is 0 Å². The van der Waals surface area contributed by atoms with E-state index in [0.29, 0.717) is 23.1 Å². The average Bonchev–Trinajstić information content (AvgIpc) is 3.00. The lowest BCUT2D eigenvalue weighted by Crippen LogP contribution is -2.43. The number of ether oxygens (including phenoxy) is 1. The quantitative estimate of drug-likeness (QED) is 0.563. The van der Waals surface area contributed by atoms with E-state index in [4.69, 9.17) is 16.3 Å². The molecule has 1 unspecified atom stereocenters. The highest BCUT2D eigenvalue weighted by molar-refractivity contribution is 7.90. The van der Waals surface area contributed by atoms with E-state index in [0.717, 1.165) is 10.4 Å². The Hall–Kier alpha value is -1.39. The van der Waals surface area contributed by atoms with E-state index in [-0.39, 0.29) is 0 Å². The molecule has 160 valence electrons. The van der Waals surface area contributed by atoms with Crippen molar-refractivity contribution in [1.82, 2.24) is 9.71 Å². The molecule has 0 saturated heterocycles. The summed E-state index contributed by atoms with van der Waals surface area (Å²) >= 11 is 5.96. The van der Waals surface area contributed by atoms with Crippen molar-refractivity contribution in [1.29, 1.82) is 0 Å². The molecule has 0 bridgehead atoms. The van der Waals surface area contributed by atoms with Gasteiger partial charge in [0.25, 0.3) is 0 Å². The van der Waals surface area contributed by atoms with Crippen molar-refractivity contribution >= 4 is 45.5 Å². The summed E-state index contributed by atoms with van der Waals surface area (Å²) < 4.78 is 33.5. The third-order valence-electron chi connectivity index (χ3n) is 3.67. The fourth-order valence-electron chi connectivity index (χ4n) is 2.36. The Balaban J connectivity index is 1.90. The predicted octanol–water partition coefficient (Wildman–Crippen LogP) is 5.06. The van der Waals surface area contributed by atoms with Gasteiger partial charge in [-0.15, -0.1) is 16.1 Å². The topological polar surface area (TPSA) is 86.3 Å². The molecule has 10 heteroatoms. The Morgan fingerprint density at radius 2 is 2.03 bits per heavy atom. The normalized spacial score (nSPS) is 13.2. The number of aromatic nitrogens is 1. The van der Waals surface area contributed by atoms with Crippen LogP contribution in [0.3, 0.4) is 0 Å². The van der Waals surface area contributed by atoms with E-state index in [1.165, 1.54) is 23.5 Å². The van der Waals surface area contributed by atoms with Crippen LogP contribution in [-0.2, 0) is 29.1 Å². The van der Waals surface area contributed by atoms with Gasteiger partial charge in [-0.3, -0.25) is 5.32 Å². The second kappa shape index (κ2) is 9.61. The lowest BCUT2D eigenvalue weighted by atomic mass is 10.0. The molecule has 0 aliphatic heterocycles. The van der Waals surface area contributed by atoms with Crippen LogP contribution in [0.2, 0.25) is 5.02 Å². The number of nitrogens with zero attached hydrogens (tertiary/aromatic N) is 1. The largest absolute Gasteiger partial charge is 0.598 e. The van der Waals surface area contributed by atoms with Crippen molar-refractivity contribution in [3.05, 3.63) is 45.7 Å². The number of benzene rings is 1. The molecule has 0 spiro atoms. The number of carbonyl (C=O) groups excluding carboxylic acids is 1.